The topological polar surface area (TPSA) is 73.7 Å². The third-order valence-corrected chi connectivity index (χ3v) is 4.18. The monoisotopic (exact) mass is 286 g/mol. The molecule has 0 amide bonds. The fourth-order valence-electron chi connectivity index (χ4n) is 2.90. The molecule has 0 bridgehead atoms. The van der Waals surface area contributed by atoms with E-state index in [0.29, 0.717) is 5.92 Å². The number of nitrogens with zero attached hydrogens (tertiary/aromatic N) is 2. The lowest BCUT2D eigenvalue weighted by molar-refractivity contribution is 0.0697. The van der Waals surface area contributed by atoms with Crippen molar-refractivity contribution in [1.82, 2.24) is 4.98 Å². The molecule has 1 saturated heterocycles. The average molecular weight is 286 g/mol. The number of piperidine rings is 1. The normalized spacial score (nSPS) is 16.3. The summed E-state index contributed by atoms with van der Waals surface area (Å²) in [6.07, 6.45) is 3.67. The number of carboxylic acid groups (broad SMARTS) is 1. The van der Waals surface area contributed by atoms with Gasteiger partial charge in [0.2, 0.25) is 0 Å². The van der Waals surface area contributed by atoms with E-state index in [2.05, 4.69) is 9.88 Å². The molecule has 5 nitrogen and oxygen atoms in total. The summed E-state index contributed by atoms with van der Waals surface area (Å²) in [5, 5.41) is 19.2. The number of pyridine rings is 1. The number of carboxylic acids is 1. The van der Waals surface area contributed by atoms with Gasteiger partial charge in [0.1, 0.15) is 0 Å². The fraction of sp³-hybridized carbons (Fsp3) is 0.375. The second-order valence-electron chi connectivity index (χ2n) is 5.48. The van der Waals surface area contributed by atoms with Gasteiger partial charge in [-0.15, -0.1) is 0 Å². The Morgan fingerprint density at radius 3 is 2.71 bits per heavy atom. The Morgan fingerprint density at radius 2 is 2.05 bits per heavy atom. The molecule has 21 heavy (non-hydrogen) atoms. The summed E-state index contributed by atoms with van der Waals surface area (Å²) in [6, 6.07) is 6.97. The Balaban J connectivity index is 1.98. The molecule has 2 aromatic rings. The standard InChI is InChI=1S/C16H18N2O3/c19-10-11-4-7-18(8-5-11)15-3-6-17-14-2-1-12(16(20)21)9-13(14)15/h1-3,6,9,11,19H,4-5,7-8,10H2,(H,20,21). The molecule has 1 aromatic carbocycles. The van der Waals surface area contributed by atoms with Gasteiger partial charge in [-0.1, -0.05) is 0 Å². The van der Waals surface area contributed by atoms with Crippen LogP contribution in [0.1, 0.15) is 23.2 Å². The molecular formula is C16H18N2O3. The van der Waals surface area contributed by atoms with Crippen LogP contribution in [0.25, 0.3) is 10.9 Å². The van der Waals surface area contributed by atoms with Crippen molar-refractivity contribution in [2.24, 2.45) is 5.92 Å². The Morgan fingerprint density at radius 1 is 1.29 bits per heavy atom. The largest absolute Gasteiger partial charge is 0.478 e. The van der Waals surface area contributed by atoms with Crippen molar-refractivity contribution in [1.29, 1.82) is 0 Å². The Bertz CT molecular complexity index is 664. The molecule has 1 aliphatic heterocycles. The first kappa shape index (κ1) is 13.8. The Labute approximate surface area is 122 Å². The van der Waals surface area contributed by atoms with Crippen LogP contribution in [0.15, 0.2) is 30.5 Å². The second-order valence-corrected chi connectivity index (χ2v) is 5.48. The van der Waals surface area contributed by atoms with Crippen LogP contribution in [0.2, 0.25) is 0 Å². The Kier molecular flexibility index (Phi) is 3.75. The summed E-state index contributed by atoms with van der Waals surface area (Å²) >= 11 is 0. The van der Waals surface area contributed by atoms with Gasteiger partial charge in [-0.05, 0) is 43.0 Å². The van der Waals surface area contributed by atoms with Crippen LogP contribution in [0.3, 0.4) is 0 Å². The molecule has 0 unspecified atom stereocenters. The molecule has 1 fully saturated rings. The SMILES string of the molecule is O=C(O)c1ccc2nccc(N3CCC(CO)CC3)c2c1. The second kappa shape index (κ2) is 5.69. The van der Waals surface area contributed by atoms with Crippen LogP contribution < -0.4 is 4.90 Å². The predicted molar refractivity (Wildman–Crippen MR) is 80.7 cm³/mol. The number of aromatic carboxylic acids is 1. The summed E-state index contributed by atoms with van der Waals surface area (Å²) < 4.78 is 0. The first-order valence-electron chi connectivity index (χ1n) is 7.17. The van der Waals surface area contributed by atoms with Crippen molar-refractivity contribution in [3.05, 3.63) is 36.0 Å². The summed E-state index contributed by atoms with van der Waals surface area (Å²) in [7, 11) is 0. The number of hydrogen-bond donors (Lipinski definition) is 2. The van der Waals surface area contributed by atoms with E-state index in [1.165, 1.54) is 0 Å². The molecule has 0 radical (unpaired) electrons. The van der Waals surface area contributed by atoms with Crippen molar-refractivity contribution < 1.29 is 15.0 Å². The molecule has 0 aliphatic carbocycles. The van der Waals surface area contributed by atoms with Gasteiger partial charge in [-0.25, -0.2) is 4.79 Å². The number of fused-ring (bicyclic) bond motifs is 1. The van der Waals surface area contributed by atoms with Gasteiger partial charge in [-0.2, -0.15) is 0 Å². The van der Waals surface area contributed by atoms with E-state index in [9.17, 15) is 9.90 Å². The molecule has 1 aromatic heterocycles. The first-order chi connectivity index (χ1) is 10.2. The van der Waals surface area contributed by atoms with E-state index in [1.54, 1.807) is 24.4 Å². The third kappa shape index (κ3) is 2.69. The van der Waals surface area contributed by atoms with E-state index >= 15 is 0 Å². The number of aliphatic hydroxyl groups excluding tert-OH is 1. The Hall–Kier alpha value is -2.14. The van der Waals surface area contributed by atoms with Crippen LogP contribution in [0, 0.1) is 5.92 Å². The minimum absolute atomic E-state index is 0.244. The van der Waals surface area contributed by atoms with Gasteiger partial charge in [0.25, 0.3) is 0 Å². The summed E-state index contributed by atoms with van der Waals surface area (Å²) in [6.45, 7) is 2.00. The molecule has 1 aliphatic rings. The van der Waals surface area contributed by atoms with Crippen LogP contribution >= 0.6 is 0 Å². The van der Waals surface area contributed by atoms with E-state index in [4.69, 9.17) is 5.11 Å². The lowest BCUT2D eigenvalue weighted by Crippen LogP contribution is -2.34. The zero-order valence-corrected chi connectivity index (χ0v) is 11.7. The maximum Gasteiger partial charge on any atom is 0.335 e. The molecule has 2 heterocycles. The van der Waals surface area contributed by atoms with Gasteiger partial charge >= 0.3 is 5.97 Å². The number of anilines is 1. The van der Waals surface area contributed by atoms with Crippen LogP contribution in [-0.2, 0) is 0 Å². The summed E-state index contributed by atoms with van der Waals surface area (Å²) in [5.74, 6) is -0.547. The molecule has 2 N–H and O–H groups in total. The highest BCUT2D eigenvalue weighted by atomic mass is 16.4. The number of hydrogen-bond acceptors (Lipinski definition) is 4. The molecule has 3 rings (SSSR count). The van der Waals surface area contributed by atoms with Crippen LogP contribution in [0.4, 0.5) is 5.69 Å². The molecule has 0 spiro atoms. The minimum atomic E-state index is -0.925. The highest BCUT2D eigenvalue weighted by molar-refractivity contribution is 5.98. The minimum Gasteiger partial charge on any atom is -0.478 e. The molecule has 0 atom stereocenters. The van der Waals surface area contributed by atoms with Crippen molar-refractivity contribution in [2.45, 2.75) is 12.8 Å². The van der Waals surface area contributed by atoms with Crippen molar-refractivity contribution in [3.8, 4) is 0 Å². The van der Waals surface area contributed by atoms with Crippen molar-refractivity contribution in [3.63, 3.8) is 0 Å². The average Bonchev–Trinajstić information content (AvgIpc) is 2.54. The summed E-state index contributed by atoms with van der Waals surface area (Å²) in [4.78, 5) is 17.7. The van der Waals surface area contributed by atoms with E-state index in [1.807, 2.05) is 6.07 Å². The maximum absolute atomic E-state index is 11.2. The van der Waals surface area contributed by atoms with Crippen molar-refractivity contribution in [2.75, 3.05) is 24.6 Å². The van der Waals surface area contributed by atoms with Gasteiger partial charge < -0.3 is 15.1 Å². The van der Waals surface area contributed by atoms with Crippen LogP contribution in [0.5, 0.6) is 0 Å². The molecule has 0 saturated carbocycles. The fourth-order valence-corrected chi connectivity index (χ4v) is 2.90. The van der Waals surface area contributed by atoms with Crippen LogP contribution in [-0.4, -0.2) is 40.9 Å². The van der Waals surface area contributed by atoms with Gasteiger partial charge in [-0.3, -0.25) is 4.98 Å². The van der Waals surface area contributed by atoms with E-state index in [0.717, 1.165) is 42.5 Å². The van der Waals surface area contributed by atoms with E-state index < -0.39 is 5.97 Å². The number of carbonyl (C=O) groups is 1. The quantitative estimate of drug-likeness (QED) is 0.904. The zero-order chi connectivity index (χ0) is 14.8. The van der Waals surface area contributed by atoms with Gasteiger partial charge in [0.15, 0.2) is 0 Å². The number of benzene rings is 1. The lowest BCUT2D eigenvalue weighted by atomic mass is 9.97. The number of aromatic nitrogens is 1. The zero-order valence-electron chi connectivity index (χ0n) is 11.7. The highest BCUT2D eigenvalue weighted by Crippen LogP contribution is 2.29. The number of aliphatic hydroxyl groups is 1. The highest BCUT2D eigenvalue weighted by Gasteiger charge is 2.20. The molecule has 110 valence electrons. The lowest BCUT2D eigenvalue weighted by Gasteiger charge is -2.33. The number of rotatable bonds is 3. The maximum atomic E-state index is 11.2. The summed E-state index contributed by atoms with van der Waals surface area (Å²) in [5.41, 5.74) is 2.11. The van der Waals surface area contributed by atoms with Crippen molar-refractivity contribution >= 4 is 22.6 Å². The third-order valence-electron chi connectivity index (χ3n) is 4.18. The predicted octanol–water partition coefficient (Wildman–Crippen LogP) is 2.14. The van der Waals surface area contributed by atoms with Gasteiger partial charge in [0.05, 0.1) is 11.1 Å². The smallest absolute Gasteiger partial charge is 0.335 e. The molecule has 5 heteroatoms. The van der Waals surface area contributed by atoms with Gasteiger partial charge in [0, 0.05) is 37.0 Å². The first-order valence-corrected chi connectivity index (χ1v) is 7.17. The molecular weight excluding hydrogens is 268 g/mol. The van der Waals surface area contributed by atoms with E-state index in [-0.39, 0.29) is 12.2 Å².